The maximum atomic E-state index is 12.9. The highest BCUT2D eigenvalue weighted by atomic mass is 32.1. The quantitative estimate of drug-likeness (QED) is 0.356. The van der Waals surface area contributed by atoms with Crippen LogP contribution in [0.5, 0.6) is 5.75 Å². The first kappa shape index (κ1) is 27.7. The fourth-order valence-electron chi connectivity index (χ4n) is 3.75. The van der Waals surface area contributed by atoms with E-state index in [2.05, 4.69) is 23.7 Å². The first-order valence-corrected chi connectivity index (χ1v) is 12.8. The summed E-state index contributed by atoms with van der Waals surface area (Å²) in [5.41, 5.74) is 0.0795. The number of ether oxygens (including phenoxy) is 2. The van der Waals surface area contributed by atoms with Gasteiger partial charge in [0.2, 0.25) is 0 Å². The number of aromatic nitrogens is 1. The molecule has 0 saturated carbocycles. The van der Waals surface area contributed by atoms with Crippen LogP contribution in [0.4, 0.5) is 5.69 Å². The van der Waals surface area contributed by atoms with Gasteiger partial charge in [0.05, 0.1) is 0 Å². The molecule has 11 heteroatoms. The number of rotatable bonds is 10. The second-order valence-corrected chi connectivity index (χ2v) is 9.15. The number of hydrogen-bond acceptors (Lipinski definition) is 9. The van der Waals surface area contributed by atoms with Crippen LogP contribution in [0.3, 0.4) is 0 Å². The van der Waals surface area contributed by atoms with Gasteiger partial charge in [-0.3, -0.25) is 14.2 Å². The van der Waals surface area contributed by atoms with Crippen LogP contribution in [0.1, 0.15) is 13.8 Å². The fourth-order valence-corrected chi connectivity index (χ4v) is 4.83. The number of esters is 1. The minimum absolute atomic E-state index is 0.0359. The van der Waals surface area contributed by atoms with Gasteiger partial charge in [-0.2, -0.15) is 5.26 Å². The Bertz CT molecular complexity index is 1350. The number of benzene rings is 1. The number of piperazine rings is 1. The molecule has 1 amide bonds. The number of nitrogens with zero attached hydrogens (tertiary/aromatic N) is 4. The standard InChI is InChI=1S/C26H31N5O5S/c1-4-14-35-26(34)21(16-27)25-31(6-3)24(33)22(37-25)17-28-19-8-7-9-20(15-19)36-18-23(32)30-12-10-29(5-2)11-13-30/h4,7-9,15,17,28H,1,5-6,10-14,18H2,2-3H3. The average Bonchev–Trinajstić information content (AvgIpc) is 3.24. The highest BCUT2D eigenvalue weighted by Gasteiger charge is 2.20. The van der Waals surface area contributed by atoms with Crippen molar-refractivity contribution in [1.29, 1.82) is 5.26 Å². The van der Waals surface area contributed by atoms with Crippen LogP contribution in [-0.4, -0.2) is 72.2 Å². The molecule has 2 heterocycles. The molecule has 1 N–H and O–H groups in total. The number of anilines is 1. The highest BCUT2D eigenvalue weighted by Crippen LogP contribution is 2.17. The highest BCUT2D eigenvalue weighted by molar-refractivity contribution is 7.07. The van der Waals surface area contributed by atoms with Gasteiger partial charge in [0.1, 0.15) is 27.6 Å². The van der Waals surface area contributed by atoms with E-state index in [1.807, 2.05) is 11.0 Å². The molecular weight excluding hydrogens is 494 g/mol. The summed E-state index contributed by atoms with van der Waals surface area (Å²) < 4.78 is 12.6. The first-order valence-electron chi connectivity index (χ1n) is 12.0. The number of likely N-dealkylation sites (N-methyl/N-ethyl adjacent to an activating group) is 1. The Morgan fingerprint density at radius 1 is 1.22 bits per heavy atom. The van der Waals surface area contributed by atoms with Crippen LogP contribution in [0.25, 0.3) is 11.8 Å². The number of nitriles is 1. The number of carbonyl (C=O) groups excluding carboxylic acids is 2. The van der Waals surface area contributed by atoms with E-state index in [9.17, 15) is 19.6 Å². The summed E-state index contributed by atoms with van der Waals surface area (Å²) in [7, 11) is 0. The maximum Gasteiger partial charge on any atom is 0.352 e. The summed E-state index contributed by atoms with van der Waals surface area (Å²) in [6.45, 7) is 11.6. The van der Waals surface area contributed by atoms with Crippen LogP contribution >= 0.6 is 11.3 Å². The Morgan fingerprint density at radius 3 is 2.62 bits per heavy atom. The van der Waals surface area contributed by atoms with Crippen molar-refractivity contribution in [1.82, 2.24) is 14.4 Å². The van der Waals surface area contributed by atoms with E-state index in [0.717, 1.165) is 31.0 Å². The second kappa shape index (κ2) is 13.4. The lowest BCUT2D eigenvalue weighted by molar-refractivity contribution is -0.136. The van der Waals surface area contributed by atoms with Gasteiger partial charge in [-0.1, -0.05) is 25.6 Å². The molecule has 0 atom stereocenters. The van der Waals surface area contributed by atoms with E-state index in [1.54, 1.807) is 31.2 Å². The minimum atomic E-state index is -0.808. The predicted octanol–water partition coefficient (Wildman–Crippen LogP) is 0.726. The molecule has 0 radical (unpaired) electrons. The van der Waals surface area contributed by atoms with E-state index in [1.165, 1.54) is 16.8 Å². The molecule has 0 spiro atoms. The van der Waals surface area contributed by atoms with Gasteiger partial charge >= 0.3 is 5.97 Å². The molecule has 1 aromatic carbocycles. The zero-order chi connectivity index (χ0) is 26.8. The van der Waals surface area contributed by atoms with Crippen molar-refractivity contribution in [2.24, 2.45) is 0 Å². The van der Waals surface area contributed by atoms with Crippen molar-refractivity contribution in [2.45, 2.75) is 20.4 Å². The Hall–Kier alpha value is -3.88. The van der Waals surface area contributed by atoms with Crippen molar-refractivity contribution in [3.05, 3.63) is 56.5 Å². The zero-order valence-electron chi connectivity index (χ0n) is 21.1. The van der Waals surface area contributed by atoms with Gasteiger partial charge < -0.3 is 24.6 Å². The summed E-state index contributed by atoms with van der Waals surface area (Å²) in [6.07, 6.45) is 2.92. The van der Waals surface area contributed by atoms with Crippen molar-refractivity contribution < 1.29 is 19.1 Å². The Labute approximate surface area is 219 Å². The van der Waals surface area contributed by atoms with Gasteiger partial charge in [0, 0.05) is 50.7 Å². The molecule has 3 rings (SSSR count). The van der Waals surface area contributed by atoms with Gasteiger partial charge in [0.25, 0.3) is 11.5 Å². The molecule has 1 aliphatic heterocycles. The van der Waals surface area contributed by atoms with Gasteiger partial charge in [-0.15, -0.1) is 11.3 Å². The molecule has 1 fully saturated rings. The molecule has 1 aliphatic rings. The van der Waals surface area contributed by atoms with Crippen LogP contribution in [-0.2, 0) is 20.9 Å². The first-order chi connectivity index (χ1) is 17.9. The largest absolute Gasteiger partial charge is 0.484 e. The Morgan fingerprint density at radius 2 is 1.97 bits per heavy atom. The third kappa shape index (κ3) is 7.09. The summed E-state index contributed by atoms with van der Waals surface area (Å²) in [5, 5.41) is 12.6. The van der Waals surface area contributed by atoms with Gasteiger partial charge in [-0.25, -0.2) is 4.79 Å². The van der Waals surface area contributed by atoms with Crippen LogP contribution in [0, 0.1) is 11.3 Å². The van der Waals surface area contributed by atoms with Crippen LogP contribution in [0.2, 0.25) is 0 Å². The van der Waals surface area contributed by atoms with Crippen molar-refractivity contribution in [3.63, 3.8) is 0 Å². The number of hydrogen-bond donors (Lipinski definition) is 1. The molecule has 0 unspecified atom stereocenters. The van der Waals surface area contributed by atoms with Crippen molar-refractivity contribution in [2.75, 3.05) is 51.3 Å². The lowest BCUT2D eigenvalue weighted by atomic mass is 10.3. The van der Waals surface area contributed by atoms with E-state index >= 15 is 0 Å². The van der Waals surface area contributed by atoms with E-state index in [-0.39, 0.29) is 41.5 Å². The molecule has 2 aromatic rings. The van der Waals surface area contributed by atoms with Gasteiger partial charge in [-0.05, 0) is 25.6 Å². The third-order valence-corrected chi connectivity index (χ3v) is 6.95. The minimum Gasteiger partial charge on any atom is -0.484 e. The molecule has 37 heavy (non-hydrogen) atoms. The second-order valence-electron chi connectivity index (χ2n) is 8.12. The van der Waals surface area contributed by atoms with Crippen molar-refractivity contribution >= 4 is 40.7 Å². The maximum absolute atomic E-state index is 12.9. The summed E-state index contributed by atoms with van der Waals surface area (Å²) in [4.78, 5) is 41.8. The molecule has 1 aromatic heterocycles. The molecule has 10 nitrogen and oxygen atoms in total. The van der Waals surface area contributed by atoms with Crippen molar-refractivity contribution in [3.8, 4) is 11.8 Å². The molecule has 0 aliphatic carbocycles. The number of nitrogens with one attached hydrogen (secondary N) is 1. The SMILES string of the molecule is C=CCOC(=O)C(C#N)=c1sc(=CNc2cccc(OCC(=O)N3CCN(CC)CC3)c2)c(=O)n1CC. The zero-order valence-corrected chi connectivity index (χ0v) is 21.9. The topological polar surface area (TPSA) is 117 Å². The normalized spacial score (nSPS) is 15.1. The molecule has 1 saturated heterocycles. The number of carbonyl (C=O) groups is 2. The molecular formula is C26H31N5O5S. The smallest absolute Gasteiger partial charge is 0.352 e. The third-order valence-electron chi connectivity index (χ3n) is 5.82. The van der Waals surface area contributed by atoms with Crippen LogP contribution in [0.15, 0.2) is 41.7 Å². The fraction of sp³-hybridized carbons (Fsp3) is 0.385. The number of thiazole rings is 1. The molecule has 196 valence electrons. The molecule has 0 bridgehead atoms. The number of amides is 1. The Kier molecular flexibility index (Phi) is 10.1. The lowest BCUT2D eigenvalue weighted by Gasteiger charge is -2.33. The lowest BCUT2D eigenvalue weighted by Crippen LogP contribution is -2.49. The average molecular weight is 526 g/mol. The van der Waals surface area contributed by atoms with E-state index < -0.39 is 5.97 Å². The summed E-state index contributed by atoms with van der Waals surface area (Å²) in [6, 6.07) is 8.90. The summed E-state index contributed by atoms with van der Waals surface area (Å²) in [5.74, 6) is -0.345. The predicted molar refractivity (Wildman–Crippen MR) is 142 cm³/mol. The summed E-state index contributed by atoms with van der Waals surface area (Å²) >= 11 is 1.02. The monoisotopic (exact) mass is 525 g/mol. The Balaban J connectivity index is 1.74. The van der Waals surface area contributed by atoms with E-state index in [0.29, 0.717) is 29.1 Å². The van der Waals surface area contributed by atoms with Gasteiger partial charge in [0.15, 0.2) is 12.2 Å². The van der Waals surface area contributed by atoms with Crippen LogP contribution < -0.4 is 24.8 Å². The van der Waals surface area contributed by atoms with E-state index in [4.69, 9.17) is 9.47 Å².